The molecule has 0 aliphatic rings. The second-order valence-electron chi connectivity index (χ2n) is 5.04. The number of benzene rings is 2. The summed E-state index contributed by atoms with van der Waals surface area (Å²) in [5.41, 5.74) is 7.09. The van der Waals surface area contributed by atoms with E-state index in [1.807, 2.05) is 24.3 Å². The van der Waals surface area contributed by atoms with Gasteiger partial charge in [0.15, 0.2) is 11.7 Å². The second kappa shape index (κ2) is 9.46. The van der Waals surface area contributed by atoms with E-state index in [1.54, 1.807) is 12.1 Å². The molecule has 8 heteroatoms. The van der Waals surface area contributed by atoms with E-state index in [-0.39, 0.29) is 11.7 Å². The highest BCUT2D eigenvalue weighted by Gasteiger charge is 2.07. The summed E-state index contributed by atoms with van der Waals surface area (Å²) in [6.45, 7) is 1.85. The standard InChI is InChI=1S/C17H17Cl2N3O2S/c1-2-11-4-3-5-13(8-11)20-17(25)22-21-16(23)10-24-15-7-6-12(18)9-14(15)19/h3-9H,2,10H2,1H3,(H,21,23)(H2,20,22,25). The molecule has 2 aromatic rings. The van der Waals surface area contributed by atoms with Crippen LogP contribution >= 0.6 is 35.4 Å². The molecule has 5 nitrogen and oxygen atoms in total. The molecule has 0 aromatic heterocycles. The van der Waals surface area contributed by atoms with Crippen molar-refractivity contribution in [2.75, 3.05) is 11.9 Å². The normalized spacial score (nSPS) is 10.0. The Morgan fingerprint density at radius 3 is 2.68 bits per heavy atom. The van der Waals surface area contributed by atoms with E-state index in [1.165, 1.54) is 11.6 Å². The Hall–Kier alpha value is -2.02. The third-order valence-corrected chi connectivity index (χ3v) is 3.90. The number of hydrogen-bond acceptors (Lipinski definition) is 3. The van der Waals surface area contributed by atoms with Gasteiger partial charge in [0.2, 0.25) is 0 Å². The summed E-state index contributed by atoms with van der Waals surface area (Å²) in [7, 11) is 0. The minimum absolute atomic E-state index is 0.220. The van der Waals surface area contributed by atoms with Crippen LogP contribution in [0.25, 0.3) is 0 Å². The van der Waals surface area contributed by atoms with Crippen LogP contribution in [0.5, 0.6) is 5.75 Å². The molecular weight excluding hydrogens is 381 g/mol. The number of nitrogens with one attached hydrogen (secondary N) is 3. The van der Waals surface area contributed by atoms with Gasteiger partial charge in [0, 0.05) is 10.7 Å². The van der Waals surface area contributed by atoms with Crippen molar-refractivity contribution in [3.63, 3.8) is 0 Å². The topological polar surface area (TPSA) is 62.4 Å². The quantitative estimate of drug-likeness (QED) is 0.526. The van der Waals surface area contributed by atoms with Crippen LogP contribution in [0.4, 0.5) is 5.69 Å². The van der Waals surface area contributed by atoms with Gasteiger partial charge in [0.1, 0.15) is 5.75 Å². The summed E-state index contributed by atoms with van der Waals surface area (Å²) in [6, 6.07) is 12.6. The van der Waals surface area contributed by atoms with Gasteiger partial charge in [0.05, 0.1) is 5.02 Å². The van der Waals surface area contributed by atoms with Gasteiger partial charge >= 0.3 is 0 Å². The van der Waals surface area contributed by atoms with E-state index in [2.05, 4.69) is 23.1 Å². The Morgan fingerprint density at radius 1 is 1.16 bits per heavy atom. The van der Waals surface area contributed by atoms with Crippen LogP contribution in [0.1, 0.15) is 12.5 Å². The van der Waals surface area contributed by atoms with Crippen molar-refractivity contribution in [1.29, 1.82) is 0 Å². The van der Waals surface area contributed by atoms with Gasteiger partial charge in [-0.3, -0.25) is 15.6 Å². The fourth-order valence-corrected chi connectivity index (χ4v) is 2.56. The van der Waals surface area contributed by atoms with Crippen molar-refractivity contribution in [2.24, 2.45) is 0 Å². The molecule has 0 saturated heterocycles. The minimum atomic E-state index is -0.405. The zero-order valence-corrected chi connectivity index (χ0v) is 15.8. The monoisotopic (exact) mass is 397 g/mol. The van der Waals surface area contributed by atoms with Crippen molar-refractivity contribution in [3.05, 3.63) is 58.1 Å². The number of amides is 1. The van der Waals surface area contributed by atoms with Gasteiger partial charge in [-0.1, -0.05) is 42.3 Å². The van der Waals surface area contributed by atoms with E-state index in [0.29, 0.717) is 15.8 Å². The van der Waals surface area contributed by atoms with Crippen LogP contribution < -0.4 is 20.9 Å². The van der Waals surface area contributed by atoms with E-state index in [9.17, 15) is 4.79 Å². The highest BCUT2D eigenvalue weighted by atomic mass is 35.5. The lowest BCUT2D eigenvalue weighted by Crippen LogP contribution is -2.45. The molecule has 1 amide bonds. The summed E-state index contributed by atoms with van der Waals surface area (Å²) in [5.74, 6) is -0.0317. The molecule has 2 aromatic carbocycles. The van der Waals surface area contributed by atoms with Gasteiger partial charge in [-0.2, -0.15) is 0 Å². The van der Waals surface area contributed by atoms with Crippen LogP contribution in [0.2, 0.25) is 10.0 Å². The van der Waals surface area contributed by atoms with Crippen LogP contribution in [0.3, 0.4) is 0 Å². The molecule has 0 aliphatic carbocycles. The largest absolute Gasteiger partial charge is 0.482 e. The molecule has 3 N–H and O–H groups in total. The van der Waals surface area contributed by atoms with Gasteiger partial charge in [-0.05, 0) is 54.5 Å². The first kappa shape index (κ1) is 19.3. The maximum Gasteiger partial charge on any atom is 0.276 e. The van der Waals surface area contributed by atoms with Crippen molar-refractivity contribution < 1.29 is 9.53 Å². The summed E-state index contributed by atoms with van der Waals surface area (Å²) >= 11 is 16.9. The zero-order chi connectivity index (χ0) is 18.2. The van der Waals surface area contributed by atoms with Crippen molar-refractivity contribution in [2.45, 2.75) is 13.3 Å². The summed E-state index contributed by atoms with van der Waals surface area (Å²) in [6.07, 6.45) is 0.928. The molecule has 0 fully saturated rings. The molecule has 0 heterocycles. The molecular formula is C17H17Cl2N3O2S. The van der Waals surface area contributed by atoms with Crippen molar-refractivity contribution in [3.8, 4) is 5.75 Å². The molecule has 132 valence electrons. The molecule has 0 aliphatic heterocycles. The number of aryl methyl sites for hydroxylation is 1. The Kier molecular flexibility index (Phi) is 7.31. The van der Waals surface area contributed by atoms with Gasteiger partial charge < -0.3 is 10.1 Å². The van der Waals surface area contributed by atoms with Crippen LogP contribution in [0, 0.1) is 0 Å². The molecule has 25 heavy (non-hydrogen) atoms. The molecule has 0 saturated carbocycles. The number of halogens is 2. The number of hydrogen-bond donors (Lipinski definition) is 3. The molecule has 0 spiro atoms. The van der Waals surface area contributed by atoms with Gasteiger partial charge in [-0.15, -0.1) is 0 Å². The molecule has 0 atom stereocenters. The van der Waals surface area contributed by atoms with Crippen LogP contribution in [-0.4, -0.2) is 17.6 Å². The van der Waals surface area contributed by atoms with Crippen LogP contribution in [-0.2, 0) is 11.2 Å². The average Bonchev–Trinajstić information content (AvgIpc) is 2.59. The number of ether oxygens (including phenoxy) is 1. The smallest absolute Gasteiger partial charge is 0.276 e. The van der Waals surface area contributed by atoms with E-state index < -0.39 is 5.91 Å². The fraction of sp³-hybridized carbons (Fsp3) is 0.176. The first-order chi connectivity index (χ1) is 12.0. The predicted molar refractivity (Wildman–Crippen MR) is 105 cm³/mol. The zero-order valence-electron chi connectivity index (χ0n) is 13.4. The number of anilines is 1. The van der Waals surface area contributed by atoms with E-state index in [0.717, 1.165) is 12.1 Å². The third-order valence-electron chi connectivity index (χ3n) is 3.16. The van der Waals surface area contributed by atoms with Crippen molar-refractivity contribution in [1.82, 2.24) is 10.9 Å². The summed E-state index contributed by atoms with van der Waals surface area (Å²) < 4.78 is 5.33. The van der Waals surface area contributed by atoms with Crippen LogP contribution in [0.15, 0.2) is 42.5 Å². The van der Waals surface area contributed by atoms with Gasteiger partial charge in [0.25, 0.3) is 5.91 Å². The second-order valence-corrected chi connectivity index (χ2v) is 6.30. The highest BCUT2D eigenvalue weighted by Crippen LogP contribution is 2.27. The summed E-state index contributed by atoms with van der Waals surface area (Å²) in [4.78, 5) is 11.8. The lowest BCUT2D eigenvalue weighted by Gasteiger charge is -2.13. The SMILES string of the molecule is CCc1cccc(NC(=S)NNC(=O)COc2ccc(Cl)cc2Cl)c1. The number of hydrazine groups is 1. The number of rotatable bonds is 5. The Balaban J connectivity index is 1.76. The maximum absolute atomic E-state index is 11.8. The Labute approximate surface area is 161 Å². The molecule has 0 bridgehead atoms. The first-order valence-electron chi connectivity index (χ1n) is 7.50. The average molecular weight is 398 g/mol. The summed E-state index contributed by atoms with van der Waals surface area (Å²) in [5, 5.41) is 4.09. The van der Waals surface area contributed by atoms with Crippen molar-refractivity contribution >= 4 is 52.1 Å². The number of carbonyl (C=O) groups excluding carboxylic acids is 1. The molecule has 2 rings (SSSR count). The lowest BCUT2D eigenvalue weighted by atomic mass is 10.1. The van der Waals surface area contributed by atoms with E-state index >= 15 is 0 Å². The molecule has 0 unspecified atom stereocenters. The first-order valence-corrected chi connectivity index (χ1v) is 8.67. The Bertz CT molecular complexity index is 771. The predicted octanol–water partition coefficient (Wildman–Crippen LogP) is 3.95. The number of carbonyl (C=O) groups is 1. The fourth-order valence-electron chi connectivity index (χ4n) is 1.93. The maximum atomic E-state index is 11.8. The number of thiocarbonyl (C=S) groups is 1. The molecule has 0 radical (unpaired) electrons. The minimum Gasteiger partial charge on any atom is -0.482 e. The Morgan fingerprint density at radius 2 is 1.96 bits per heavy atom. The highest BCUT2D eigenvalue weighted by molar-refractivity contribution is 7.80. The lowest BCUT2D eigenvalue weighted by molar-refractivity contribution is -0.123. The third kappa shape index (κ3) is 6.42. The van der Waals surface area contributed by atoms with E-state index in [4.69, 9.17) is 40.2 Å². The van der Waals surface area contributed by atoms with Gasteiger partial charge in [-0.25, -0.2) is 0 Å².